The highest BCUT2D eigenvalue weighted by atomic mass is 16.5. The Morgan fingerprint density at radius 3 is 2.43 bits per heavy atom. The molecule has 0 saturated carbocycles. The third kappa shape index (κ3) is 3.82. The van der Waals surface area contributed by atoms with Crippen LogP contribution in [0.1, 0.15) is 27.6 Å². The molecule has 5 nitrogen and oxygen atoms in total. The molecule has 108 valence electrons. The molecule has 5 heteroatoms. The number of carbonyl (C=O) groups is 2. The first-order valence-corrected chi connectivity index (χ1v) is 6.47. The van der Waals surface area contributed by atoms with E-state index in [9.17, 15) is 9.59 Å². The fourth-order valence-corrected chi connectivity index (χ4v) is 1.79. The van der Waals surface area contributed by atoms with Crippen molar-refractivity contribution in [2.45, 2.75) is 6.92 Å². The number of rotatable bonds is 5. The van der Waals surface area contributed by atoms with Crippen LogP contribution in [0, 0.1) is 0 Å². The van der Waals surface area contributed by atoms with Gasteiger partial charge in [-0.05, 0) is 49.4 Å². The molecule has 0 radical (unpaired) electrons. The molecule has 0 aliphatic carbocycles. The van der Waals surface area contributed by atoms with Gasteiger partial charge in [0.05, 0.1) is 12.2 Å². The minimum atomic E-state index is -1.00. The van der Waals surface area contributed by atoms with E-state index < -0.39 is 5.97 Å². The van der Waals surface area contributed by atoms with Crippen molar-refractivity contribution in [3.8, 4) is 5.75 Å². The average molecular weight is 285 g/mol. The normalized spacial score (nSPS) is 9.95. The molecule has 0 bridgehead atoms. The Labute approximate surface area is 122 Å². The number of hydrogen-bond acceptors (Lipinski definition) is 3. The summed E-state index contributed by atoms with van der Waals surface area (Å²) in [6.45, 7) is 2.40. The minimum Gasteiger partial charge on any atom is -0.494 e. The molecule has 0 saturated heterocycles. The number of nitrogens with one attached hydrogen (secondary N) is 1. The van der Waals surface area contributed by atoms with E-state index in [1.807, 2.05) is 6.92 Å². The number of aromatic carboxylic acids is 1. The van der Waals surface area contributed by atoms with Crippen molar-refractivity contribution in [3.63, 3.8) is 0 Å². The van der Waals surface area contributed by atoms with Crippen LogP contribution in [0.5, 0.6) is 5.75 Å². The van der Waals surface area contributed by atoms with Crippen molar-refractivity contribution in [2.24, 2.45) is 0 Å². The average Bonchev–Trinajstić information content (AvgIpc) is 2.48. The Kier molecular flexibility index (Phi) is 4.56. The summed E-state index contributed by atoms with van der Waals surface area (Å²) in [7, 11) is 0. The first-order valence-electron chi connectivity index (χ1n) is 6.47. The van der Waals surface area contributed by atoms with Gasteiger partial charge in [-0.25, -0.2) is 4.79 Å². The van der Waals surface area contributed by atoms with Gasteiger partial charge < -0.3 is 15.2 Å². The molecule has 0 spiro atoms. The third-order valence-electron chi connectivity index (χ3n) is 2.80. The summed E-state index contributed by atoms with van der Waals surface area (Å²) >= 11 is 0. The number of carboxylic acids is 1. The number of amides is 1. The van der Waals surface area contributed by atoms with Crippen molar-refractivity contribution in [2.75, 3.05) is 11.9 Å². The van der Waals surface area contributed by atoms with E-state index in [-0.39, 0.29) is 11.5 Å². The summed E-state index contributed by atoms with van der Waals surface area (Å²) in [5.74, 6) is -0.650. The van der Waals surface area contributed by atoms with E-state index in [0.717, 1.165) is 0 Å². The highest BCUT2D eigenvalue weighted by molar-refractivity contribution is 6.04. The molecule has 0 atom stereocenters. The molecule has 0 unspecified atom stereocenters. The van der Waals surface area contributed by atoms with E-state index in [1.54, 1.807) is 36.4 Å². The zero-order valence-corrected chi connectivity index (χ0v) is 11.5. The molecule has 0 aliphatic heterocycles. The summed E-state index contributed by atoms with van der Waals surface area (Å²) in [6, 6.07) is 12.8. The van der Waals surface area contributed by atoms with E-state index in [2.05, 4.69) is 5.32 Å². The number of carboxylic acid groups (broad SMARTS) is 1. The summed E-state index contributed by atoms with van der Waals surface area (Å²) in [6.07, 6.45) is 0. The second kappa shape index (κ2) is 6.56. The van der Waals surface area contributed by atoms with E-state index in [1.165, 1.54) is 12.1 Å². The van der Waals surface area contributed by atoms with E-state index in [4.69, 9.17) is 9.84 Å². The molecule has 1 amide bonds. The van der Waals surface area contributed by atoms with Crippen molar-refractivity contribution >= 4 is 17.6 Å². The second-order valence-corrected chi connectivity index (χ2v) is 4.30. The number of hydrogen-bond donors (Lipinski definition) is 2. The fraction of sp³-hybridized carbons (Fsp3) is 0.125. The predicted molar refractivity (Wildman–Crippen MR) is 79.0 cm³/mol. The van der Waals surface area contributed by atoms with Crippen LogP contribution in [0.15, 0.2) is 48.5 Å². The van der Waals surface area contributed by atoms with Crippen molar-refractivity contribution in [3.05, 3.63) is 59.7 Å². The summed E-state index contributed by atoms with van der Waals surface area (Å²) in [4.78, 5) is 22.9. The van der Waals surface area contributed by atoms with E-state index >= 15 is 0 Å². The lowest BCUT2D eigenvalue weighted by molar-refractivity contribution is 0.0696. The van der Waals surface area contributed by atoms with Gasteiger partial charge in [0.1, 0.15) is 5.75 Å². The number of ether oxygens (including phenoxy) is 1. The molecule has 0 aliphatic rings. The smallest absolute Gasteiger partial charge is 0.335 e. The SMILES string of the molecule is CCOc1cccc(C(=O)Nc2ccc(C(=O)O)cc2)c1. The standard InChI is InChI=1S/C16H15NO4/c1-2-21-14-5-3-4-12(10-14)15(18)17-13-8-6-11(7-9-13)16(19)20/h3-10H,2H2,1H3,(H,17,18)(H,19,20). The monoisotopic (exact) mass is 285 g/mol. The van der Waals surface area contributed by atoms with Gasteiger partial charge in [-0.1, -0.05) is 6.07 Å². The van der Waals surface area contributed by atoms with Gasteiger partial charge in [-0.15, -0.1) is 0 Å². The van der Waals surface area contributed by atoms with Gasteiger partial charge in [-0.2, -0.15) is 0 Å². The number of carbonyl (C=O) groups excluding carboxylic acids is 1. The van der Waals surface area contributed by atoms with Gasteiger partial charge in [0.2, 0.25) is 0 Å². The first kappa shape index (κ1) is 14.6. The van der Waals surface area contributed by atoms with Crippen molar-refractivity contribution in [1.82, 2.24) is 0 Å². The highest BCUT2D eigenvalue weighted by Gasteiger charge is 2.08. The van der Waals surface area contributed by atoms with E-state index in [0.29, 0.717) is 23.6 Å². The van der Waals surface area contributed by atoms with Crippen LogP contribution < -0.4 is 10.1 Å². The van der Waals surface area contributed by atoms with Gasteiger partial charge in [0.15, 0.2) is 0 Å². The predicted octanol–water partition coefficient (Wildman–Crippen LogP) is 3.04. The van der Waals surface area contributed by atoms with Gasteiger partial charge in [0, 0.05) is 11.3 Å². The Balaban J connectivity index is 2.10. The highest BCUT2D eigenvalue weighted by Crippen LogP contribution is 2.16. The number of benzene rings is 2. The Morgan fingerprint density at radius 1 is 1.10 bits per heavy atom. The second-order valence-electron chi connectivity index (χ2n) is 4.30. The Bertz CT molecular complexity index is 650. The summed E-state index contributed by atoms with van der Waals surface area (Å²) < 4.78 is 5.34. The lowest BCUT2D eigenvalue weighted by Crippen LogP contribution is -2.12. The largest absolute Gasteiger partial charge is 0.494 e. The van der Waals surface area contributed by atoms with Crippen LogP contribution in [0.3, 0.4) is 0 Å². The van der Waals surface area contributed by atoms with Gasteiger partial charge in [0.25, 0.3) is 5.91 Å². The first-order chi connectivity index (χ1) is 10.1. The molecule has 0 fully saturated rings. The zero-order chi connectivity index (χ0) is 15.2. The maximum absolute atomic E-state index is 12.1. The fourth-order valence-electron chi connectivity index (χ4n) is 1.79. The molecular weight excluding hydrogens is 270 g/mol. The molecule has 2 aromatic rings. The minimum absolute atomic E-state index is 0.173. The third-order valence-corrected chi connectivity index (χ3v) is 2.80. The van der Waals surface area contributed by atoms with Crippen LogP contribution in [-0.2, 0) is 0 Å². The molecular formula is C16H15NO4. The lowest BCUT2D eigenvalue weighted by atomic mass is 10.1. The zero-order valence-electron chi connectivity index (χ0n) is 11.5. The van der Waals surface area contributed by atoms with Crippen LogP contribution >= 0.6 is 0 Å². The number of anilines is 1. The van der Waals surface area contributed by atoms with Crippen LogP contribution in [0.4, 0.5) is 5.69 Å². The topological polar surface area (TPSA) is 75.6 Å². The maximum Gasteiger partial charge on any atom is 0.335 e. The van der Waals surface area contributed by atoms with Crippen LogP contribution in [-0.4, -0.2) is 23.6 Å². The lowest BCUT2D eigenvalue weighted by Gasteiger charge is -2.07. The van der Waals surface area contributed by atoms with Crippen LogP contribution in [0.25, 0.3) is 0 Å². The van der Waals surface area contributed by atoms with Crippen molar-refractivity contribution < 1.29 is 19.4 Å². The van der Waals surface area contributed by atoms with Gasteiger partial charge >= 0.3 is 5.97 Å². The van der Waals surface area contributed by atoms with Crippen LogP contribution in [0.2, 0.25) is 0 Å². The molecule has 2 N–H and O–H groups in total. The summed E-state index contributed by atoms with van der Waals surface area (Å²) in [5.41, 5.74) is 1.18. The van der Waals surface area contributed by atoms with Gasteiger partial charge in [-0.3, -0.25) is 4.79 Å². The Hall–Kier alpha value is -2.82. The molecule has 2 aromatic carbocycles. The summed E-state index contributed by atoms with van der Waals surface area (Å²) in [5, 5.41) is 11.5. The Morgan fingerprint density at radius 2 is 1.81 bits per heavy atom. The van der Waals surface area contributed by atoms with Crippen molar-refractivity contribution in [1.29, 1.82) is 0 Å². The molecule has 2 rings (SSSR count). The quantitative estimate of drug-likeness (QED) is 0.885. The molecule has 0 heterocycles. The molecule has 0 aromatic heterocycles. The maximum atomic E-state index is 12.1. The molecule has 21 heavy (non-hydrogen) atoms.